The normalized spacial score (nSPS) is 2.00. The first-order valence-electron chi connectivity index (χ1n) is 0.724. The van der Waals surface area contributed by atoms with Crippen LogP contribution >= 0.6 is 0 Å². The Kier molecular flexibility index (Phi) is 26.6. The van der Waals surface area contributed by atoms with Gasteiger partial charge in [-0.05, 0) is 0 Å². The molecule has 0 spiro atoms. The van der Waals surface area contributed by atoms with Crippen molar-refractivity contribution in [3.8, 4) is 6.07 Å². The second-order valence-electron chi connectivity index (χ2n) is 0.224. The van der Waals surface area contributed by atoms with Crippen molar-refractivity contribution in [2.45, 2.75) is 6.92 Å². The van der Waals surface area contributed by atoms with Crippen molar-refractivity contribution in [3.63, 3.8) is 0 Å². The van der Waals surface area contributed by atoms with Crippen LogP contribution in [0.2, 0.25) is 0 Å². The van der Waals surface area contributed by atoms with Crippen molar-refractivity contribution in [3.05, 3.63) is 0 Å². The smallest absolute Gasteiger partial charge is 0.0587 e. The summed E-state index contributed by atoms with van der Waals surface area (Å²) in [6, 6.07) is 1.75. The summed E-state index contributed by atoms with van der Waals surface area (Å²) in [5.41, 5.74) is 0. The predicted molar refractivity (Wildman–Crippen MR) is 11.3 cm³/mol. The fourth-order valence-corrected chi connectivity index (χ4v) is 0. The molecule has 0 saturated carbocycles. The summed E-state index contributed by atoms with van der Waals surface area (Å²) in [5.74, 6) is 0. The molecule has 0 rings (SSSR count). The van der Waals surface area contributed by atoms with Crippen molar-refractivity contribution in [2.75, 3.05) is 0 Å². The molecule has 0 radical (unpaired) electrons. The summed E-state index contributed by atoms with van der Waals surface area (Å²) in [7, 11) is 0. The number of rotatable bonds is 0. The third kappa shape index (κ3) is 4190. The minimum atomic E-state index is 0. The minimum Gasteiger partial charge on any atom is -0.199 e. The van der Waals surface area contributed by atoms with Crippen LogP contribution in [0.5, 0.6) is 0 Å². The summed E-state index contributed by atoms with van der Waals surface area (Å²) in [4.78, 5) is 0. The first-order chi connectivity index (χ1) is 1.41. The zero-order chi connectivity index (χ0) is 2.71. The maximum atomic E-state index is 7.32. The molecule has 0 bridgehead atoms. The Morgan fingerprint density at radius 3 is 1.75 bits per heavy atom. The summed E-state index contributed by atoms with van der Waals surface area (Å²) in [6.07, 6.45) is 0. The molecule has 0 aliphatic heterocycles. The maximum Gasteiger partial charge on any atom is 0.0587 e. The molecule has 0 aliphatic rings. The molecule has 0 N–H and O–H groups in total. The fraction of sp³-hybridized carbons (Fsp3) is 0.500. The van der Waals surface area contributed by atoms with E-state index in [-0.39, 0.29) is 17.4 Å². The monoisotopic (exact) mass is 93.0 g/mol. The van der Waals surface area contributed by atoms with E-state index in [1.54, 1.807) is 6.07 Å². The molecule has 0 aromatic heterocycles. The predicted octanol–water partition coefficient (Wildman–Crippen LogP) is 0.527. The second kappa shape index (κ2) is 11.8. The summed E-state index contributed by atoms with van der Waals surface area (Å²) in [6.45, 7) is 1.43. The van der Waals surface area contributed by atoms with Gasteiger partial charge in [-0.25, -0.2) is 0 Å². The first kappa shape index (κ1) is 8.98. The van der Waals surface area contributed by atoms with Crippen LogP contribution in [0.1, 0.15) is 6.92 Å². The van der Waals surface area contributed by atoms with Crippen LogP contribution in [0.3, 0.4) is 0 Å². The van der Waals surface area contributed by atoms with E-state index >= 15 is 0 Å². The Hall–Kier alpha value is 0.0225. The average Bonchev–Trinajstić information content (AvgIpc) is 0.918. The van der Waals surface area contributed by atoms with Gasteiger partial charge >= 0.3 is 0 Å². The van der Waals surface area contributed by atoms with Gasteiger partial charge in [0.15, 0.2) is 0 Å². The second-order valence-corrected chi connectivity index (χ2v) is 0.224. The SMILES string of the molecule is CC#N.[Cr]. The topological polar surface area (TPSA) is 23.8 Å². The van der Waals surface area contributed by atoms with Crippen LogP contribution in [0.25, 0.3) is 0 Å². The summed E-state index contributed by atoms with van der Waals surface area (Å²) in [5, 5.41) is 7.32. The molecular formula is C2H3CrN. The Bertz CT molecular complexity index is 27.5. The zero-order valence-corrected chi connectivity index (χ0v) is 3.63. The van der Waals surface area contributed by atoms with Gasteiger partial charge in [0.05, 0.1) is 6.07 Å². The number of nitriles is 1. The van der Waals surface area contributed by atoms with Gasteiger partial charge in [0.1, 0.15) is 0 Å². The molecule has 0 heterocycles. The van der Waals surface area contributed by atoms with Crippen molar-refractivity contribution in [1.29, 1.82) is 5.26 Å². The Morgan fingerprint density at radius 1 is 1.75 bits per heavy atom. The van der Waals surface area contributed by atoms with Crippen LogP contribution in [0, 0.1) is 11.3 Å². The zero-order valence-electron chi connectivity index (χ0n) is 2.36. The summed E-state index contributed by atoms with van der Waals surface area (Å²) < 4.78 is 0. The fourth-order valence-electron chi connectivity index (χ4n) is 0. The number of hydrogen-bond acceptors (Lipinski definition) is 1. The van der Waals surface area contributed by atoms with E-state index in [4.69, 9.17) is 5.26 Å². The third-order valence-corrected chi connectivity index (χ3v) is 0. The standard InChI is InChI=1S/C2H3N.Cr/c1-2-3;/h1H3;. The summed E-state index contributed by atoms with van der Waals surface area (Å²) >= 11 is 0. The van der Waals surface area contributed by atoms with Gasteiger partial charge in [0.2, 0.25) is 0 Å². The molecule has 0 saturated heterocycles. The third-order valence-electron chi connectivity index (χ3n) is 0. The van der Waals surface area contributed by atoms with Crippen molar-refractivity contribution in [2.24, 2.45) is 0 Å². The van der Waals surface area contributed by atoms with Gasteiger partial charge in [-0.2, -0.15) is 5.26 Å². The molecule has 4 heavy (non-hydrogen) atoms. The maximum absolute atomic E-state index is 7.32. The molecule has 0 atom stereocenters. The van der Waals surface area contributed by atoms with Gasteiger partial charge in [0.25, 0.3) is 0 Å². The van der Waals surface area contributed by atoms with E-state index in [1.165, 1.54) is 6.92 Å². The van der Waals surface area contributed by atoms with Crippen LogP contribution in [-0.2, 0) is 17.4 Å². The molecule has 22 valence electrons. The quantitative estimate of drug-likeness (QED) is 0.428. The van der Waals surface area contributed by atoms with E-state index in [2.05, 4.69) is 0 Å². The van der Waals surface area contributed by atoms with E-state index in [0.717, 1.165) is 0 Å². The minimum absolute atomic E-state index is 0. The first-order valence-corrected chi connectivity index (χ1v) is 0.724. The average molecular weight is 93.0 g/mol. The number of hydrogen-bond donors (Lipinski definition) is 0. The van der Waals surface area contributed by atoms with Gasteiger partial charge in [-0.1, -0.05) is 0 Å². The van der Waals surface area contributed by atoms with Crippen molar-refractivity contribution >= 4 is 0 Å². The van der Waals surface area contributed by atoms with Gasteiger partial charge in [-0.15, -0.1) is 0 Å². The Morgan fingerprint density at radius 2 is 1.75 bits per heavy atom. The number of nitrogens with zero attached hydrogens (tertiary/aromatic N) is 1. The van der Waals surface area contributed by atoms with E-state index < -0.39 is 0 Å². The van der Waals surface area contributed by atoms with E-state index in [9.17, 15) is 0 Å². The molecule has 0 unspecified atom stereocenters. The van der Waals surface area contributed by atoms with Crippen LogP contribution < -0.4 is 0 Å². The largest absolute Gasteiger partial charge is 0.199 e. The molecule has 1 nitrogen and oxygen atoms in total. The molecular weight excluding hydrogens is 90.0 g/mol. The molecule has 0 amide bonds. The van der Waals surface area contributed by atoms with Gasteiger partial charge in [-0.3, -0.25) is 0 Å². The molecule has 2 heteroatoms. The van der Waals surface area contributed by atoms with Crippen LogP contribution in [0.4, 0.5) is 0 Å². The van der Waals surface area contributed by atoms with E-state index in [0.29, 0.717) is 0 Å². The van der Waals surface area contributed by atoms with Crippen LogP contribution in [-0.4, -0.2) is 0 Å². The van der Waals surface area contributed by atoms with Crippen molar-refractivity contribution in [1.82, 2.24) is 0 Å². The van der Waals surface area contributed by atoms with Crippen LogP contribution in [0.15, 0.2) is 0 Å². The Balaban J connectivity index is 0. The van der Waals surface area contributed by atoms with Gasteiger partial charge in [0, 0.05) is 24.3 Å². The molecule has 0 aromatic rings. The Labute approximate surface area is 36.4 Å². The molecule has 0 aromatic carbocycles. The molecule has 0 fully saturated rings. The van der Waals surface area contributed by atoms with E-state index in [1.807, 2.05) is 0 Å². The van der Waals surface area contributed by atoms with Crippen molar-refractivity contribution < 1.29 is 17.4 Å². The molecule has 0 aliphatic carbocycles. The van der Waals surface area contributed by atoms with Gasteiger partial charge < -0.3 is 0 Å².